The molecule has 3 aromatic carbocycles. The van der Waals surface area contributed by atoms with Crippen LogP contribution in [0, 0.1) is 5.92 Å². The number of amides is 2. The molecule has 0 saturated carbocycles. The summed E-state index contributed by atoms with van der Waals surface area (Å²) in [5.74, 6) is 1.65. The van der Waals surface area contributed by atoms with Crippen LogP contribution in [-0.2, 0) is 11.3 Å². The molecular weight excluding hydrogens is 502 g/mol. The first-order valence-corrected chi connectivity index (χ1v) is 14.1. The van der Waals surface area contributed by atoms with Gasteiger partial charge in [0.15, 0.2) is 6.61 Å². The number of nitrogens with one attached hydrogen (secondary N) is 2. The van der Waals surface area contributed by atoms with Gasteiger partial charge in [0.1, 0.15) is 11.6 Å². The summed E-state index contributed by atoms with van der Waals surface area (Å²) in [6.07, 6.45) is 3.75. The normalized spacial score (nSPS) is 15.1. The molecule has 8 nitrogen and oxygen atoms in total. The summed E-state index contributed by atoms with van der Waals surface area (Å²) in [6, 6.07) is 19.7. The molecule has 0 bridgehead atoms. The molecular formula is C32H35N5O3. The third-order valence-corrected chi connectivity index (χ3v) is 7.60. The summed E-state index contributed by atoms with van der Waals surface area (Å²) >= 11 is 0. The topological polar surface area (TPSA) is 90.6 Å². The van der Waals surface area contributed by atoms with E-state index in [2.05, 4.69) is 41.2 Å². The molecule has 2 aliphatic rings. The number of benzene rings is 3. The number of aromatic amines is 1. The van der Waals surface area contributed by atoms with Gasteiger partial charge in [-0.25, -0.2) is 4.98 Å². The highest BCUT2D eigenvalue weighted by Gasteiger charge is 2.29. The van der Waals surface area contributed by atoms with Crippen LogP contribution in [0.1, 0.15) is 49.0 Å². The standard InChI is InChI=1S/C32H35N5O3/c1-21(2)18-33-30(38)20-40-26-10-6-22(7-11-26)31-34-28-13-9-25(17-29(28)35-31)37-19-23-16-24(8-12-27(23)32(37)39)36-14-4-3-5-15-36/h6-13,16-17,21H,3-5,14-15,18-20H2,1-2H3,(H,33,38)(H,34,35). The molecule has 2 amide bonds. The quantitative estimate of drug-likeness (QED) is 0.308. The monoisotopic (exact) mass is 537 g/mol. The van der Waals surface area contributed by atoms with E-state index in [-0.39, 0.29) is 18.4 Å². The van der Waals surface area contributed by atoms with Crippen molar-refractivity contribution in [2.45, 2.75) is 39.7 Å². The summed E-state index contributed by atoms with van der Waals surface area (Å²) in [5.41, 5.74) is 6.52. The minimum atomic E-state index is -0.132. The molecule has 3 heterocycles. The zero-order chi connectivity index (χ0) is 27.6. The van der Waals surface area contributed by atoms with Gasteiger partial charge in [-0.05, 0) is 91.4 Å². The Morgan fingerprint density at radius 1 is 1.00 bits per heavy atom. The average molecular weight is 538 g/mol. The molecule has 0 spiro atoms. The zero-order valence-electron chi connectivity index (χ0n) is 23.1. The van der Waals surface area contributed by atoms with Crippen LogP contribution in [0.25, 0.3) is 22.4 Å². The minimum absolute atomic E-state index is 0.0157. The Balaban J connectivity index is 1.14. The predicted octanol–water partition coefficient (Wildman–Crippen LogP) is 5.53. The number of nitrogens with zero attached hydrogens (tertiary/aromatic N) is 3. The lowest BCUT2D eigenvalue weighted by Gasteiger charge is -2.29. The molecule has 0 unspecified atom stereocenters. The first kappa shape index (κ1) is 25.9. The molecule has 206 valence electrons. The molecule has 0 atom stereocenters. The number of piperidine rings is 1. The van der Waals surface area contributed by atoms with Gasteiger partial charge in [-0.3, -0.25) is 9.59 Å². The van der Waals surface area contributed by atoms with Gasteiger partial charge in [0.05, 0.1) is 17.6 Å². The average Bonchev–Trinajstić information content (AvgIpc) is 3.56. The van der Waals surface area contributed by atoms with Crippen molar-refractivity contribution in [1.29, 1.82) is 0 Å². The van der Waals surface area contributed by atoms with Crippen LogP contribution in [0.2, 0.25) is 0 Å². The van der Waals surface area contributed by atoms with Gasteiger partial charge in [-0.1, -0.05) is 13.8 Å². The first-order valence-electron chi connectivity index (χ1n) is 14.1. The number of rotatable bonds is 8. The summed E-state index contributed by atoms with van der Waals surface area (Å²) in [7, 11) is 0. The van der Waals surface area contributed by atoms with E-state index in [4.69, 9.17) is 9.72 Å². The molecule has 6 rings (SSSR count). The summed E-state index contributed by atoms with van der Waals surface area (Å²) in [5, 5.41) is 2.85. The van der Waals surface area contributed by atoms with Crippen molar-refractivity contribution in [3.05, 3.63) is 71.8 Å². The van der Waals surface area contributed by atoms with Gasteiger partial charge in [0.25, 0.3) is 11.8 Å². The third-order valence-electron chi connectivity index (χ3n) is 7.60. The van der Waals surface area contributed by atoms with Crippen molar-refractivity contribution in [1.82, 2.24) is 15.3 Å². The maximum Gasteiger partial charge on any atom is 0.258 e. The van der Waals surface area contributed by atoms with Crippen LogP contribution >= 0.6 is 0 Å². The number of imidazole rings is 1. The number of carbonyl (C=O) groups is 2. The van der Waals surface area contributed by atoms with Crippen LogP contribution in [0.5, 0.6) is 5.75 Å². The van der Waals surface area contributed by atoms with Crippen LogP contribution in [-0.4, -0.2) is 48.0 Å². The maximum absolute atomic E-state index is 13.3. The van der Waals surface area contributed by atoms with Gasteiger partial charge < -0.3 is 24.8 Å². The highest BCUT2D eigenvalue weighted by Crippen LogP contribution is 2.33. The SMILES string of the molecule is CC(C)CNC(=O)COc1ccc(-c2nc3cc(N4Cc5cc(N6CCCCC6)ccc5C4=O)ccc3[nH]2)cc1. The lowest BCUT2D eigenvalue weighted by Crippen LogP contribution is -2.31. The number of fused-ring (bicyclic) bond motifs is 2. The molecule has 1 aromatic heterocycles. The summed E-state index contributed by atoms with van der Waals surface area (Å²) < 4.78 is 5.62. The van der Waals surface area contributed by atoms with Crippen molar-refractivity contribution in [2.24, 2.45) is 5.92 Å². The van der Waals surface area contributed by atoms with Gasteiger partial charge in [0, 0.05) is 42.1 Å². The molecule has 1 saturated heterocycles. The fourth-order valence-corrected chi connectivity index (χ4v) is 5.39. The number of H-pyrrole nitrogens is 1. The van der Waals surface area contributed by atoms with Crippen LogP contribution in [0.15, 0.2) is 60.7 Å². The smallest absolute Gasteiger partial charge is 0.258 e. The number of carbonyl (C=O) groups excluding carboxylic acids is 2. The van der Waals surface area contributed by atoms with Crippen LogP contribution in [0.4, 0.5) is 11.4 Å². The maximum atomic E-state index is 13.3. The fraction of sp³-hybridized carbons (Fsp3) is 0.344. The van der Waals surface area contributed by atoms with Gasteiger partial charge >= 0.3 is 0 Å². The summed E-state index contributed by atoms with van der Waals surface area (Å²) in [4.78, 5) is 37.6. The van der Waals surface area contributed by atoms with Crippen molar-refractivity contribution in [3.8, 4) is 17.1 Å². The van der Waals surface area contributed by atoms with E-state index >= 15 is 0 Å². The molecule has 0 aliphatic carbocycles. The number of anilines is 2. The molecule has 40 heavy (non-hydrogen) atoms. The van der Waals surface area contributed by atoms with Crippen LogP contribution < -0.4 is 19.9 Å². The third kappa shape index (κ3) is 5.39. The van der Waals surface area contributed by atoms with Crippen molar-refractivity contribution in [2.75, 3.05) is 36.0 Å². The molecule has 0 radical (unpaired) electrons. The molecule has 4 aromatic rings. The Hall–Kier alpha value is -4.33. The zero-order valence-corrected chi connectivity index (χ0v) is 23.1. The second kappa shape index (κ2) is 11.0. The number of ether oxygens (including phenoxy) is 1. The second-order valence-corrected chi connectivity index (χ2v) is 11.1. The van der Waals surface area contributed by atoms with Crippen molar-refractivity contribution >= 4 is 34.2 Å². The number of hydrogen-bond acceptors (Lipinski definition) is 5. The van der Waals surface area contributed by atoms with Crippen LogP contribution in [0.3, 0.4) is 0 Å². The Bertz CT molecular complexity index is 1540. The number of aromatic nitrogens is 2. The van der Waals surface area contributed by atoms with E-state index in [0.717, 1.165) is 52.3 Å². The van der Waals surface area contributed by atoms with E-state index in [0.29, 0.717) is 24.8 Å². The molecule has 2 N–H and O–H groups in total. The van der Waals surface area contributed by atoms with E-state index in [1.807, 2.05) is 53.4 Å². The second-order valence-electron chi connectivity index (χ2n) is 11.1. The Labute approximate surface area is 234 Å². The van der Waals surface area contributed by atoms with E-state index in [9.17, 15) is 9.59 Å². The van der Waals surface area contributed by atoms with Crippen molar-refractivity contribution in [3.63, 3.8) is 0 Å². The largest absolute Gasteiger partial charge is 0.484 e. The highest BCUT2D eigenvalue weighted by molar-refractivity contribution is 6.10. The summed E-state index contributed by atoms with van der Waals surface area (Å²) in [6.45, 7) is 7.45. The van der Waals surface area contributed by atoms with Crippen molar-refractivity contribution < 1.29 is 14.3 Å². The molecule has 8 heteroatoms. The van der Waals surface area contributed by atoms with Gasteiger partial charge in [0.2, 0.25) is 0 Å². The molecule has 1 fully saturated rings. The van der Waals surface area contributed by atoms with E-state index < -0.39 is 0 Å². The Kier molecular flexibility index (Phi) is 7.15. The van der Waals surface area contributed by atoms with Gasteiger partial charge in [-0.2, -0.15) is 0 Å². The Morgan fingerprint density at radius 2 is 1.77 bits per heavy atom. The lowest BCUT2D eigenvalue weighted by atomic mass is 10.1. The van der Waals surface area contributed by atoms with Gasteiger partial charge in [-0.15, -0.1) is 0 Å². The van der Waals surface area contributed by atoms with E-state index in [1.54, 1.807) is 0 Å². The predicted molar refractivity (Wildman–Crippen MR) is 158 cm³/mol. The number of hydrogen-bond donors (Lipinski definition) is 2. The molecule has 2 aliphatic heterocycles. The minimum Gasteiger partial charge on any atom is -0.484 e. The van der Waals surface area contributed by atoms with E-state index in [1.165, 1.54) is 24.9 Å². The lowest BCUT2D eigenvalue weighted by molar-refractivity contribution is -0.123. The highest BCUT2D eigenvalue weighted by atomic mass is 16.5. The Morgan fingerprint density at radius 3 is 2.55 bits per heavy atom. The fourth-order valence-electron chi connectivity index (χ4n) is 5.39. The first-order chi connectivity index (χ1) is 19.4.